The molecule has 1 aliphatic heterocycles. The third-order valence-corrected chi connectivity index (χ3v) is 4.87. The lowest BCUT2D eigenvalue weighted by atomic mass is 9.80. The maximum Gasteiger partial charge on any atom is 0.391 e. The van der Waals surface area contributed by atoms with Crippen LogP contribution in [-0.2, 0) is 17.8 Å². The topological polar surface area (TPSA) is 41.1 Å². The number of hydrogen-bond donors (Lipinski definition) is 2. The van der Waals surface area contributed by atoms with Crippen LogP contribution in [0.4, 0.5) is 18.9 Å². The van der Waals surface area contributed by atoms with Crippen molar-refractivity contribution in [2.45, 2.75) is 44.8 Å². The SMILES string of the molecule is O=C(Nc1ccc2c(c1)CNCC2)C1CCCC(C(F)(F)F)C1. The van der Waals surface area contributed by atoms with Gasteiger partial charge in [-0.15, -0.1) is 0 Å². The molecule has 1 saturated carbocycles. The third-order valence-electron chi connectivity index (χ3n) is 4.87. The standard InChI is InChI=1S/C17H21F3N2O/c18-17(19,20)14-3-1-2-12(8-14)16(23)22-15-5-4-11-6-7-21-10-13(11)9-15/h4-5,9,12,14,21H,1-3,6-8,10H2,(H,22,23). The zero-order valence-electron chi connectivity index (χ0n) is 12.9. The molecule has 0 aromatic heterocycles. The summed E-state index contributed by atoms with van der Waals surface area (Å²) in [6, 6.07) is 5.75. The van der Waals surface area contributed by atoms with E-state index in [2.05, 4.69) is 10.6 Å². The van der Waals surface area contributed by atoms with Gasteiger partial charge in [0.2, 0.25) is 5.91 Å². The Labute approximate surface area is 133 Å². The van der Waals surface area contributed by atoms with E-state index >= 15 is 0 Å². The van der Waals surface area contributed by atoms with Crippen molar-refractivity contribution >= 4 is 11.6 Å². The lowest BCUT2D eigenvalue weighted by molar-refractivity contribution is -0.185. The van der Waals surface area contributed by atoms with Crippen LogP contribution in [0.15, 0.2) is 18.2 Å². The molecule has 23 heavy (non-hydrogen) atoms. The van der Waals surface area contributed by atoms with Gasteiger partial charge in [0.1, 0.15) is 0 Å². The van der Waals surface area contributed by atoms with Gasteiger partial charge in [0.25, 0.3) is 0 Å². The van der Waals surface area contributed by atoms with Gasteiger partial charge in [-0.05, 0) is 55.5 Å². The molecule has 0 bridgehead atoms. The quantitative estimate of drug-likeness (QED) is 0.871. The Balaban J connectivity index is 1.64. The monoisotopic (exact) mass is 326 g/mol. The van der Waals surface area contributed by atoms with Gasteiger partial charge in [-0.2, -0.15) is 13.2 Å². The van der Waals surface area contributed by atoms with E-state index in [4.69, 9.17) is 0 Å². The first-order chi connectivity index (χ1) is 10.9. The number of fused-ring (bicyclic) bond motifs is 1. The van der Waals surface area contributed by atoms with Crippen molar-refractivity contribution in [2.75, 3.05) is 11.9 Å². The third kappa shape index (κ3) is 3.86. The number of rotatable bonds is 2. The Bertz CT molecular complexity index is 586. The fraction of sp³-hybridized carbons (Fsp3) is 0.588. The average molecular weight is 326 g/mol. The molecule has 2 aliphatic rings. The van der Waals surface area contributed by atoms with Crippen molar-refractivity contribution in [3.8, 4) is 0 Å². The van der Waals surface area contributed by atoms with Crippen LogP contribution in [0.1, 0.15) is 36.8 Å². The van der Waals surface area contributed by atoms with E-state index < -0.39 is 18.0 Å². The Morgan fingerprint density at radius 3 is 2.83 bits per heavy atom. The molecule has 0 spiro atoms. The van der Waals surface area contributed by atoms with Crippen LogP contribution >= 0.6 is 0 Å². The number of amides is 1. The first-order valence-corrected chi connectivity index (χ1v) is 8.13. The number of hydrogen-bond acceptors (Lipinski definition) is 2. The molecule has 0 radical (unpaired) electrons. The van der Waals surface area contributed by atoms with E-state index in [1.807, 2.05) is 18.2 Å². The van der Waals surface area contributed by atoms with Gasteiger partial charge >= 0.3 is 6.18 Å². The fourth-order valence-electron chi connectivity index (χ4n) is 3.53. The minimum atomic E-state index is -4.20. The molecule has 6 heteroatoms. The molecule has 2 unspecified atom stereocenters. The summed E-state index contributed by atoms with van der Waals surface area (Å²) in [6.07, 6.45) is -2.21. The summed E-state index contributed by atoms with van der Waals surface area (Å²) in [7, 11) is 0. The molecule has 1 aromatic rings. The molecule has 1 aromatic carbocycles. The van der Waals surface area contributed by atoms with Gasteiger partial charge in [0, 0.05) is 18.2 Å². The van der Waals surface area contributed by atoms with Crippen LogP contribution in [0.3, 0.4) is 0 Å². The molecule has 3 nitrogen and oxygen atoms in total. The van der Waals surface area contributed by atoms with Crippen molar-refractivity contribution in [1.82, 2.24) is 5.32 Å². The number of alkyl halides is 3. The Hall–Kier alpha value is -1.56. The van der Waals surface area contributed by atoms with Crippen molar-refractivity contribution in [1.29, 1.82) is 0 Å². The fourth-order valence-corrected chi connectivity index (χ4v) is 3.53. The summed E-state index contributed by atoms with van der Waals surface area (Å²) in [5, 5.41) is 6.07. The molecule has 0 saturated heterocycles. The van der Waals surface area contributed by atoms with Crippen molar-refractivity contribution in [3.63, 3.8) is 0 Å². The maximum absolute atomic E-state index is 12.9. The van der Waals surface area contributed by atoms with E-state index in [0.29, 0.717) is 18.5 Å². The average Bonchev–Trinajstić information content (AvgIpc) is 2.54. The molecular weight excluding hydrogens is 305 g/mol. The second-order valence-electron chi connectivity index (χ2n) is 6.50. The molecule has 126 valence electrons. The molecule has 2 N–H and O–H groups in total. The first kappa shape index (κ1) is 16.3. The normalized spacial score (nSPS) is 24.8. The largest absolute Gasteiger partial charge is 0.391 e. The van der Waals surface area contributed by atoms with Crippen molar-refractivity contribution < 1.29 is 18.0 Å². The second kappa shape index (κ2) is 6.51. The minimum absolute atomic E-state index is 0.0954. The zero-order chi connectivity index (χ0) is 16.4. The summed E-state index contributed by atoms with van der Waals surface area (Å²) in [5.74, 6) is -2.19. The molecule has 1 fully saturated rings. The molecule has 1 amide bonds. The van der Waals surface area contributed by atoms with Gasteiger partial charge in [-0.25, -0.2) is 0 Å². The maximum atomic E-state index is 12.9. The number of carbonyl (C=O) groups is 1. The molecular formula is C17H21F3N2O. The van der Waals surface area contributed by atoms with Gasteiger partial charge < -0.3 is 10.6 Å². The van der Waals surface area contributed by atoms with Crippen molar-refractivity contribution in [3.05, 3.63) is 29.3 Å². The lowest BCUT2D eigenvalue weighted by Gasteiger charge is -2.29. The predicted octanol–water partition coefficient (Wildman–Crippen LogP) is 3.64. The lowest BCUT2D eigenvalue weighted by Crippen LogP contribution is -2.34. The van der Waals surface area contributed by atoms with Crippen LogP contribution in [0.2, 0.25) is 0 Å². The van der Waals surface area contributed by atoms with Crippen LogP contribution in [0, 0.1) is 11.8 Å². The number of carbonyl (C=O) groups excluding carboxylic acids is 1. The van der Waals surface area contributed by atoms with Gasteiger partial charge in [-0.3, -0.25) is 4.79 Å². The summed E-state index contributed by atoms with van der Waals surface area (Å²) in [5.41, 5.74) is 3.08. The molecule has 2 atom stereocenters. The number of benzene rings is 1. The van der Waals surface area contributed by atoms with E-state index in [-0.39, 0.29) is 18.7 Å². The number of anilines is 1. The van der Waals surface area contributed by atoms with Crippen molar-refractivity contribution in [2.24, 2.45) is 11.8 Å². The zero-order valence-corrected chi connectivity index (χ0v) is 12.9. The minimum Gasteiger partial charge on any atom is -0.326 e. The highest BCUT2D eigenvalue weighted by molar-refractivity contribution is 5.92. The number of halogens is 3. The summed E-state index contributed by atoms with van der Waals surface area (Å²) in [6.45, 7) is 1.71. The van der Waals surface area contributed by atoms with Crippen LogP contribution in [0.5, 0.6) is 0 Å². The molecule has 1 heterocycles. The second-order valence-corrected chi connectivity index (χ2v) is 6.50. The summed E-state index contributed by atoms with van der Waals surface area (Å²) >= 11 is 0. The van der Waals surface area contributed by atoms with Crippen LogP contribution in [-0.4, -0.2) is 18.6 Å². The smallest absolute Gasteiger partial charge is 0.326 e. The first-order valence-electron chi connectivity index (χ1n) is 8.13. The number of nitrogens with one attached hydrogen (secondary N) is 2. The highest BCUT2D eigenvalue weighted by Gasteiger charge is 2.43. The Morgan fingerprint density at radius 1 is 1.22 bits per heavy atom. The highest BCUT2D eigenvalue weighted by atomic mass is 19.4. The summed E-state index contributed by atoms with van der Waals surface area (Å²) in [4.78, 5) is 12.3. The van der Waals surface area contributed by atoms with Gasteiger partial charge in [-0.1, -0.05) is 12.5 Å². The molecule has 1 aliphatic carbocycles. The van der Waals surface area contributed by atoms with E-state index in [0.717, 1.165) is 25.1 Å². The Kier molecular flexibility index (Phi) is 4.62. The van der Waals surface area contributed by atoms with Gasteiger partial charge in [0.05, 0.1) is 5.92 Å². The molecule has 3 rings (SSSR count). The predicted molar refractivity (Wildman–Crippen MR) is 82.0 cm³/mol. The highest BCUT2D eigenvalue weighted by Crippen LogP contribution is 2.40. The van der Waals surface area contributed by atoms with E-state index in [1.54, 1.807) is 0 Å². The van der Waals surface area contributed by atoms with Crippen LogP contribution in [0.25, 0.3) is 0 Å². The Morgan fingerprint density at radius 2 is 2.04 bits per heavy atom. The van der Waals surface area contributed by atoms with E-state index in [1.165, 1.54) is 5.56 Å². The van der Waals surface area contributed by atoms with Gasteiger partial charge in [0.15, 0.2) is 0 Å². The van der Waals surface area contributed by atoms with E-state index in [9.17, 15) is 18.0 Å². The van der Waals surface area contributed by atoms with Crippen LogP contribution < -0.4 is 10.6 Å². The summed E-state index contributed by atoms with van der Waals surface area (Å²) < 4.78 is 38.6.